The zero-order valence-electron chi connectivity index (χ0n) is 11.2. The zero-order valence-corrected chi connectivity index (χ0v) is 11.9. The van der Waals surface area contributed by atoms with Crippen LogP contribution in [-0.4, -0.2) is 30.8 Å². The second kappa shape index (κ2) is 6.17. The molecule has 0 aromatic carbocycles. The molecule has 2 aromatic heterocycles. The zero-order chi connectivity index (χ0) is 13.8. The summed E-state index contributed by atoms with van der Waals surface area (Å²) in [6, 6.07) is 2.23. The molecule has 6 nitrogen and oxygen atoms in total. The van der Waals surface area contributed by atoms with Crippen LogP contribution in [0.25, 0.3) is 5.95 Å². The first kappa shape index (κ1) is 13.3. The lowest BCUT2D eigenvalue weighted by atomic mass is 10.1. The maximum atomic E-state index is 5.97. The van der Waals surface area contributed by atoms with E-state index in [-0.39, 0.29) is 5.28 Å². The molecule has 1 N–H and O–H groups in total. The largest absolute Gasteiger partial charge is 0.351 e. The third-order valence-corrected chi connectivity index (χ3v) is 3.66. The first-order chi connectivity index (χ1) is 9.81. The van der Waals surface area contributed by atoms with Crippen molar-refractivity contribution in [2.24, 2.45) is 0 Å². The Morgan fingerprint density at radius 3 is 2.60 bits per heavy atom. The SMILES string of the molecule is Clc1nc(NC2CCCCCC2)nc(-n2cccn2)n1. The molecule has 2 aromatic rings. The highest BCUT2D eigenvalue weighted by atomic mass is 35.5. The Hall–Kier alpha value is -1.69. The van der Waals surface area contributed by atoms with Crippen LogP contribution in [0.15, 0.2) is 18.5 Å². The van der Waals surface area contributed by atoms with Gasteiger partial charge in [-0.15, -0.1) is 0 Å². The maximum absolute atomic E-state index is 5.97. The molecule has 0 unspecified atom stereocenters. The summed E-state index contributed by atoms with van der Waals surface area (Å²) < 4.78 is 1.58. The fraction of sp³-hybridized carbons (Fsp3) is 0.538. The van der Waals surface area contributed by atoms with Crippen LogP contribution in [0.5, 0.6) is 0 Å². The third kappa shape index (κ3) is 3.25. The number of hydrogen-bond donors (Lipinski definition) is 1. The monoisotopic (exact) mass is 292 g/mol. The van der Waals surface area contributed by atoms with E-state index >= 15 is 0 Å². The minimum absolute atomic E-state index is 0.182. The number of aromatic nitrogens is 5. The number of rotatable bonds is 3. The summed E-state index contributed by atoms with van der Waals surface area (Å²) >= 11 is 5.97. The third-order valence-electron chi connectivity index (χ3n) is 3.49. The van der Waals surface area contributed by atoms with E-state index in [1.54, 1.807) is 17.1 Å². The Kier molecular flexibility index (Phi) is 4.11. The normalized spacial score (nSPS) is 16.9. The standard InChI is InChI=1S/C13H17ClN6/c14-11-17-12(16-10-6-3-1-2-4-7-10)19-13(18-11)20-9-5-8-15-20/h5,8-10H,1-4,6-7H2,(H,16,17,18,19). The fourth-order valence-electron chi connectivity index (χ4n) is 2.50. The van der Waals surface area contributed by atoms with E-state index in [1.807, 2.05) is 6.07 Å². The van der Waals surface area contributed by atoms with Gasteiger partial charge in [0.15, 0.2) is 0 Å². The van der Waals surface area contributed by atoms with E-state index in [0.29, 0.717) is 17.9 Å². The summed E-state index contributed by atoms with van der Waals surface area (Å²) in [5.41, 5.74) is 0. The van der Waals surface area contributed by atoms with Gasteiger partial charge in [-0.3, -0.25) is 0 Å². The van der Waals surface area contributed by atoms with Gasteiger partial charge in [-0.2, -0.15) is 20.1 Å². The van der Waals surface area contributed by atoms with E-state index < -0.39 is 0 Å². The first-order valence-electron chi connectivity index (χ1n) is 6.99. The van der Waals surface area contributed by atoms with E-state index in [2.05, 4.69) is 25.4 Å². The second-order valence-electron chi connectivity index (χ2n) is 5.01. The minimum Gasteiger partial charge on any atom is -0.351 e. The summed E-state index contributed by atoms with van der Waals surface area (Å²) in [7, 11) is 0. The maximum Gasteiger partial charge on any atom is 0.256 e. The topological polar surface area (TPSA) is 68.5 Å². The molecule has 0 spiro atoms. The first-order valence-corrected chi connectivity index (χ1v) is 7.37. The molecule has 0 radical (unpaired) electrons. The van der Waals surface area contributed by atoms with Crippen LogP contribution < -0.4 is 5.32 Å². The quantitative estimate of drug-likeness (QED) is 0.881. The Balaban J connectivity index is 1.79. The van der Waals surface area contributed by atoms with Gasteiger partial charge in [0.1, 0.15) is 0 Å². The molecule has 0 aliphatic heterocycles. The molecule has 106 valence electrons. The predicted molar refractivity (Wildman–Crippen MR) is 77.1 cm³/mol. The van der Waals surface area contributed by atoms with Crippen molar-refractivity contribution in [3.63, 3.8) is 0 Å². The lowest BCUT2D eigenvalue weighted by Gasteiger charge is -2.16. The van der Waals surface area contributed by atoms with E-state index in [4.69, 9.17) is 11.6 Å². The summed E-state index contributed by atoms with van der Waals surface area (Å²) in [5, 5.41) is 7.67. The smallest absolute Gasteiger partial charge is 0.256 e. The molecule has 0 saturated heterocycles. The van der Waals surface area contributed by atoms with Crippen molar-refractivity contribution < 1.29 is 0 Å². The van der Waals surface area contributed by atoms with Crippen LogP contribution in [0.3, 0.4) is 0 Å². The summed E-state index contributed by atoms with van der Waals surface area (Å²) in [6.45, 7) is 0. The van der Waals surface area contributed by atoms with Gasteiger partial charge in [0.25, 0.3) is 5.95 Å². The van der Waals surface area contributed by atoms with Crippen LogP contribution >= 0.6 is 11.6 Å². The molecule has 1 aliphatic rings. The Morgan fingerprint density at radius 1 is 1.10 bits per heavy atom. The number of anilines is 1. The summed E-state index contributed by atoms with van der Waals surface area (Å²) in [4.78, 5) is 12.6. The molecule has 7 heteroatoms. The molecular formula is C13H17ClN6. The number of halogens is 1. The fourth-order valence-corrected chi connectivity index (χ4v) is 2.66. The van der Waals surface area contributed by atoms with Gasteiger partial charge in [-0.1, -0.05) is 25.7 Å². The second-order valence-corrected chi connectivity index (χ2v) is 5.35. The van der Waals surface area contributed by atoms with Gasteiger partial charge in [0.05, 0.1) is 0 Å². The van der Waals surface area contributed by atoms with Gasteiger partial charge in [-0.05, 0) is 30.5 Å². The molecule has 0 atom stereocenters. The molecule has 1 aliphatic carbocycles. The van der Waals surface area contributed by atoms with Crippen molar-refractivity contribution in [3.8, 4) is 5.95 Å². The van der Waals surface area contributed by atoms with Crippen molar-refractivity contribution in [1.82, 2.24) is 24.7 Å². The number of nitrogens with zero attached hydrogens (tertiary/aromatic N) is 5. The van der Waals surface area contributed by atoms with Crippen LogP contribution in [0.1, 0.15) is 38.5 Å². The van der Waals surface area contributed by atoms with Gasteiger partial charge >= 0.3 is 0 Å². The molecule has 1 fully saturated rings. The lowest BCUT2D eigenvalue weighted by molar-refractivity contribution is 0.613. The highest BCUT2D eigenvalue weighted by molar-refractivity contribution is 6.28. The van der Waals surface area contributed by atoms with Gasteiger partial charge in [0, 0.05) is 18.4 Å². The van der Waals surface area contributed by atoms with E-state index in [9.17, 15) is 0 Å². The van der Waals surface area contributed by atoms with Crippen molar-refractivity contribution in [2.45, 2.75) is 44.6 Å². The van der Waals surface area contributed by atoms with Gasteiger partial charge < -0.3 is 5.32 Å². The summed E-state index contributed by atoms with van der Waals surface area (Å²) in [5.74, 6) is 0.966. The molecule has 0 amide bonds. The molecule has 2 heterocycles. The minimum atomic E-state index is 0.182. The lowest BCUT2D eigenvalue weighted by Crippen LogP contribution is -2.21. The predicted octanol–water partition coefficient (Wildman–Crippen LogP) is 2.85. The summed E-state index contributed by atoms with van der Waals surface area (Å²) in [6.07, 6.45) is 10.9. The van der Waals surface area contributed by atoms with Gasteiger partial charge in [-0.25, -0.2) is 4.68 Å². The van der Waals surface area contributed by atoms with Crippen LogP contribution in [0.2, 0.25) is 5.28 Å². The molecule has 1 saturated carbocycles. The van der Waals surface area contributed by atoms with Crippen molar-refractivity contribution in [1.29, 1.82) is 0 Å². The molecule has 3 rings (SSSR count). The van der Waals surface area contributed by atoms with Crippen molar-refractivity contribution >= 4 is 17.5 Å². The van der Waals surface area contributed by atoms with E-state index in [0.717, 1.165) is 12.8 Å². The van der Waals surface area contributed by atoms with Crippen LogP contribution in [0, 0.1) is 0 Å². The number of hydrogen-bond acceptors (Lipinski definition) is 5. The Morgan fingerprint density at radius 2 is 1.90 bits per heavy atom. The Bertz CT molecular complexity index is 548. The Labute approximate surface area is 122 Å². The van der Waals surface area contributed by atoms with Crippen molar-refractivity contribution in [3.05, 3.63) is 23.7 Å². The average Bonchev–Trinajstić information content (AvgIpc) is 2.85. The molecule has 20 heavy (non-hydrogen) atoms. The highest BCUT2D eigenvalue weighted by Gasteiger charge is 2.14. The highest BCUT2D eigenvalue weighted by Crippen LogP contribution is 2.20. The molecule has 0 bridgehead atoms. The van der Waals surface area contributed by atoms with Crippen LogP contribution in [-0.2, 0) is 0 Å². The molecular weight excluding hydrogens is 276 g/mol. The van der Waals surface area contributed by atoms with Crippen LogP contribution in [0.4, 0.5) is 5.95 Å². The van der Waals surface area contributed by atoms with Crippen molar-refractivity contribution in [2.75, 3.05) is 5.32 Å². The number of nitrogens with one attached hydrogen (secondary N) is 1. The van der Waals surface area contributed by atoms with E-state index in [1.165, 1.54) is 25.7 Å². The van der Waals surface area contributed by atoms with Gasteiger partial charge in [0.2, 0.25) is 11.2 Å². The average molecular weight is 293 g/mol.